The molecule has 5 heteroatoms. The summed E-state index contributed by atoms with van der Waals surface area (Å²) in [5.74, 6) is 0.511. The van der Waals surface area contributed by atoms with E-state index in [1.165, 1.54) is 0 Å². The lowest BCUT2D eigenvalue weighted by molar-refractivity contribution is 0.481. The first-order chi connectivity index (χ1) is 9.91. The first-order valence-corrected chi connectivity index (χ1v) is 9.68. The maximum absolute atomic E-state index is 13.0. The summed E-state index contributed by atoms with van der Waals surface area (Å²) in [6.07, 6.45) is 4.67. The zero-order valence-electron chi connectivity index (χ0n) is 12.3. The Morgan fingerprint density at radius 3 is 2.48 bits per heavy atom. The number of aryl methyl sites for hydroxylation is 2. The Labute approximate surface area is 133 Å². The van der Waals surface area contributed by atoms with Crippen LogP contribution in [0, 0.1) is 13.8 Å². The van der Waals surface area contributed by atoms with E-state index >= 15 is 0 Å². The average Bonchev–Trinajstić information content (AvgIpc) is 2.77. The van der Waals surface area contributed by atoms with Gasteiger partial charge in [-0.2, -0.15) is 0 Å². The van der Waals surface area contributed by atoms with Crippen LogP contribution in [0.2, 0.25) is 0 Å². The van der Waals surface area contributed by atoms with Crippen LogP contribution in [0.15, 0.2) is 25.9 Å². The Morgan fingerprint density at radius 2 is 1.81 bits per heavy atom. The van der Waals surface area contributed by atoms with Crippen LogP contribution in [0.1, 0.15) is 43.4 Å². The van der Waals surface area contributed by atoms with E-state index in [1.807, 2.05) is 19.1 Å². The van der Waals surface area contributed by atoms with E-state index in [9.17, 15) is 8.42 Å². The smallest absolute Gasteiger partial charge is 0.185 e. The predicted octanol–water partition coefficient (Wildman–Crippen LogP) is 4.92. The summed E-state index contributed by atoms with van der Waals surface area (Å²) in [6, 6.07) is 3.80. The molecule has 114 valence electrons. The first-order valence-electron chi connectivity index (χ1n) is 7.34. The molecular formula is C16H19BrO3S. The molecule has 1 saturated carbocycles. The Bertz CT molecular complexity index is 783. The number of hydrogen-bond donors (Lipinski definition) is 0. The molecule has 2 aromatic rings. The fraction of sp³-hybridized carbons (Fsp3) is 0.500. The largest absolute Gasteiger partial charge is 0.460 e. The monoisotopic (exact) mass is 370 g/mol. The van der Waals surface area contributed by atoms with Gasteiger partial charge < -0.3 is 4.42 Å². The van der Waals surface area contributed by atoms with Crippen molar-refractivity contribution < 1.29 is 12.8 Å². The number of sulfone groups is 1. The summed E-state index contributed by atoms with van der Waals surface area (Å²) in [5.41, 5.74) is 1.64. The summed E-state index contributed by atoms with van der Waals surface area (Å²) >= 11 is 3.45. The van der Waals surface area contributed by atoms with Crippen molar-refractivity contribution >= 4 is 36.7 Å². The molecule has 0 N–H and O–H groups in total. The number of benzene rings is 1. The standard InChI is InChI=1S/C16H19BrO3S/c1-10-8-12(17)9-14-15(10)20-11(2)16(14)21(18,19)13-6-4-3-5-7-13/h8-9,13H,3-7H2,1-2H3. The van der Waals surface area contributed by atoms with Gasteiger partial charge in [0.25, 0.3) is 0 Å². The average molecular weight is 371 g/mol. The minimum atomic E-state index is -3.32. The van der Waals surface area contributed by atoms with Crippen molar-refractivity contribution in [3.05, 3.63) is 27.9 Å². The van der Waals surface area contributed by atoms with Gasteiger partial charge in [0.15, 0.2) is 9.84 Å². The first kappa shape index (κ1) is 15.1. The maximum atomic E-state index is 13.0. The summed E-state index contributed by atoms with van der Waals surface area (Å²) in [5, 5.41) is 0.454. The lowest BCUT2D eigenvalue weighted by atomic mass is 10.0. The van der Waals surface area contributed by atoms with Gasteiger partial charge in [-0.1, -0.05) is 35.2 Å². The van der Waals surface area contributed by atoms with Crippen molar-refractivity contribution in [1.29, 1.82) is 0 Å². The molecule has 3 rings (SSSR count). The molecule has 0 spiro atoms. The molecule has 0 saturated heterocycles. The molecule has 1 aromatic heterocycles. The number of fused-ring (bicyclic) bond motifs is 1. The zero-order valence-corrected chi connectivity index (χ0v) is 14.7. The Morgan fingerprint density at radius 1 is 1.14 bits per heavy atom. The van der Waals surface area contributed by atoms with Gasteiger partial charge in [-0.15, -0.1) is 0 Å². The second-order valence-corrected chi connectivity index (χ2v) is 8.97. The Balaban J connectivity index is 2.22. The molecule has 0 atom stereocenters. The minimum Gasteiger partial charge on any atom is -0.460 e. The van der Waals surface area contributed by atoms with Gasteiger partial charge in [0.2, 0.25) is 0 Å². The highest BCUT2D eigenvalue weighted by Gasteiger charge is 2.33. The van der Waals surface area contributed by atoms with Crippen molar-refractivity contribution in [3.8, 4) is 0 Å². The third kappa shape index (κ3) is 2.55. The van der Waals surface area contributed by atoms with Gasteiger partial charge in [-0.25, -0.2) is 8.42 Å². The number of furan rings is 1. The molecule has 1 aliphatic carbocycles. The van der Waals surface area contributed by atoms with E-state index in [2.05, 4.69) is 15.9 Å². The van der Waals surface area contributed by atoms with Crippen molar-refractivity contribution in [2.75, 3.05) is 0 Å². The molecule has 1 aromatic carbocycles. The van der Waals surface area contributed by atoms with Gasteiger partial charge in [0.1, 0.15) is 16.2 Å². The highest BCUT2D eigenvalue weighted by molar-refractivity contribution is 9.10. The third-order valence-corrected chi connectivity index (χ3v) is 7.22. The molecular weight excluding hydrogens is 352 g/mol. The van der Waals surface area contributed by atoms with Gasteiger partial charge >= 0.3 is 0 Å². The molecule has 21 heavy (non-hydrogen) atoms. The fourth-order valence-electron chi connectivity index (χ4n) is 3.32. The zero-order chi connectivity index (χ0) is 15.2. The van der Waals surface area contributed by atoms with Crippen molar-refractivity contribution in [1.82, 2.24) is 0 Å². The van der Waals surface area contributed by atoms with Crippen LogP contribution in [0.25, 0.3) is 11.0 Å². The van der Waals surface area contributed by atoms with Crippen LogP contribution in [-0.4, -0.2) is 13.7 Å². The van der Waals surface area contributed by atoms with Crippen molar-refractivity contribution in [2.45, 2.75) is 56.1 Å². The summed E-state index contributed by atoms with van der Waals surface area (Å²) in [7, 11) is -3.32. The van der Waals surface area contributed by atoms with E-state index in [4.69, 9.17) is 4.42 Å². The topological polar surface area (TPSA) is 47.3 Å². The van der Waals surface area contributed by atoms with Crippen molar-refractivity contribution in [3.63, 3.8) is 0 Å². The third-order valence-electron chi connectivity index (χ3n) is 4.33. The highest BCUT2D eigenvalue weighted by Crippen LogP contribution is 2.38. The molecule has 0 amide bonds. The van der Waals surface area contributed by atoms with E-state index in [0.717, 1.165) is 42.1 Å². The predicted molar refractivity (Wildman–Crippen MR) is 87.4 cm³/mol. The van der Waals surface area contributed by atoms with Crippen LogP contribution in [0.5, 0.6) is 0 Å². The Kier molecular flexibility index (Phi) is 3.91. The SMILES string of the molecule is Cc1oc2c(C)cc(Br)cc2c1S(=O)(=O)C1CCCCC1. The van der Waals surface area contributed by atoms with Crippen LogP contribution in [0.4, 0.5) is 0 Å². The molecule has 0 unspecified atom stereocenters. The fourth-order valence-corrected chi connectivity index (χ4v) is 6.08. The summed E-state index contributed by atoms with van der Waals surface area (Å²) in [6.45, 7) is 3.69. The minimum absolute atomic E-state index is 0.259. The van der Waals surface area contributed by atoms with E-state index in [-0.39, 0.29) is 5.25 Å². The van der Waals surface area contributed by atoms with Crippen LogP contribution in [0.3, 0.4) is 0 Å². The lowest BCUT2D eigenvalue weighted by Crippen LogP contribution is -2.24. The maximum Gasteiger partial charge on any atom is 0.185 e. The lowest BCUT2D eigenvalue weighted by Gasteiger charge is -2.21. The van der Waals surface area contributed by atoms with Crippen molar-refractivity contribution in [2.24, 2.45) is 0 Å². The van der Waals surface area contributed by atoms with Crippen LogP contribution in [-0.2, 0) is 9.84 Å². The number of hydrogen-bond acceptors (Lipinski definition) is 3. The Hall–Kier alpha value is -0.810. The van der Waals surface area contributed by atoms with Gasteiger partial charge in [-0.3, -0.25) is 0 Å². The van der Waals surface area contributed by atoms with Crippen LogP contribution < -0.4 is 0 Å². The van der Waals surface area contributed by atoms with Gasteiger partial charge in [0.05, 0.1) is 5.25 Å². The highest BCUT2D eigenvalue weighted by atomic mass is 79.9. The summed E-state index contributed by atoms with van der Waals surface area (Å²) < 4.78 is 32.7. The molecule has 0 bridgehead atoms. The summed E-state index contributed by atoms with van der Waals surface area (Å²) in [4.78, 5) is 0.397. The number of rotatable bonds is 2. The normalized spacial score (nSPS) is 17.5. The second kappa shape index (κ2) is 5.43. The van der Waals surface area contributed by atoms with E-state index < -0.39 is 9.84 Å². The molecule has 3 nitrogen and oxygen atoms in total. The quantitative estimate of drug-likeness (QED) is 0.753. The second-order valence-electron chi connectivity index (χ2n) is 5.89. The molecule has 1 heterocycles. The number of halogens is 1. The van der Waals surface area contributed by atoms with E-state index in [0.29, 0.717) is 21.6 Å². The van der Waals surface area contributed by atoms with Crippen LogP contribution >= 0.6 is 15.9 Å². The molecule has 0 radical (unpaired) electrons. The van der Waals surface area contributed by atoms with E-state index in [1.54, 1.807) is 6.92 Å². The molecule has 0 aliphatic heterocycles. The molecule has 1 fully saturated rings. The molecule has 1 aliphatic rings. The van der Waals surface area contributed by atoms with Gasteiger partial charge in [-0.05, 0) is 44.4 Å². The van der Waals surface area contributed by atoms with Gasteiger partial charge in [0, 0.05) is 9.86 Å².